The minimum Gasteiger partial charge on any atom is -0.384 e. The minimum absolute atomic E-state index is 0.341. The standard InChI is InChI=1S/C18H17F2N5/c19-13-5-6-14-15(16(13)20)11(7-21-14)17-12-8-24-25(10-3-1-2-4-10)18(12)23-9-22-17/h5-6,8-11,21H,1-4,7H2. The average Bonchev–Trinajstić information content (AvgIpc) is 3.36. The van der Waals surface area contributed by atoms with E-state index in [1.54, 1.807) is 12.3 Å². The van der Waals surface area contributed by atoms with E-state index in [0.717, 1.165) is 29.9 Å². The van der Waals surface area contributed by atoms with Crippen molar-refractivity contribution >= 4 is 16.7 Å². The fraction of sp³-hybridized carbons (Fsp3) is 0.389. The zero-order valence-electron chi connectivity index (χ0n) is 13.5. The van der Waals surface area contributed by atoms with Gasteiger partial charge in [-0.15, -0.1) is 0 Å². The van der Waals surface area contributed by atoms with Crippen LogP contribution in [0.4, 0.5) is 14.5 Å². The lowest BCUT2D eigenvalue weighted by atomic mass is 9.95. The van der Waals surface area contributed by atoms with Crippen molar-refractivity contribution in [2.45, 2.75) is 37.6 Å². The van der Waals surface area contributed by atoms with Crippen LogP contribution in [0.3, 0.4) is 0 Å². The molecule has 5 nitrogen and oxygen atoms in total. The van der Waals surface area contributed by atoms with E-state index in [0.29, 0.717) is 29.5 Å². The van der Waals surface area contributed by atoms with Gasteiger partial charge in [-0.1, -0.05) is 12.8 Å². The second-order valence-electron chi connectivity index (χ2n) is 6.78. The molecule has 3 heterocycles. The van der Waals surface area contributed by atoms with Crippen molar-refractivity contribution < 1.29 is 8.78 Å². The van der Waals surface area contributed by atoms with Crippen LogP contribution in [-0.2, 0) is 0 Å². The van der Waals surface area contributed by atoms with Gasteiger partial charge in [-0.3, -0.25) is 0 Å². The van der Waals surface area contributed by atoms with Crippen molar-refractivity contribution in [3.63, 3.8) is 0 Å². The van der Waals surface area contributed by atoms with Crippen molar-refractivity contribution in [3.05, 3.63) is 47.5 Å². The van der Waals surface area contributed by atoms with Crippen LogP contribution < -0.4 is 5.32 Å². The molecule has 1 aliphatic heterocycles. The summed E-state index contributed by atoms with van der Waals surface area (Å²) in [7, 11) is 0. The molecule has 2 aromatic heterocycles. The molecule has 0 spiro atoms. The first kappa shape index (κ1) is 14.7. The van der Waals surface area contributed by atoms with Crippen molar-refractivity contribution in [2.75, 3.05) is 11.9 Å². The Morgan fingerprint density at radius 3 is 2.80 bits per heavy atom. The molecule has 0 saturated heterocycles. The number of hydrogen-bond acceptors (Lipinski definition) is 4. The lowest BCUT2D eigenvalue weighted by molar-refractivity contribution is 0.478. The number of anilines is 1. The maximum Gasteiger partial charge on any atom is 0.164 e. The van der Waals surface area contributed by atoms with Crippen LogP contribution in [0.25, 0.3) is 11.0 Å². The van der Waals surface area contributed by atoms with Gasteiger partial charge in [0.2, 0.25) is 0 Å². The molecule has 1 aromatic carbocycles. The van der Waals surface area contributed by atoms with Gasteiger partial charge in [0, 0.05) is 23.7 Å². The molecule has 128 valence electrons. The number of hydrogen-bond donors (Lipinski definition) is 1. The van der Waals surface area contributed by atoms with Crippen molar-refractivity contribution in [2.24, 2.45) is 0 Å². The normalized spacial score (nSPS) is 20.2. The van der Waals surface area contributed by atoms with E-state index in [1.165, 1.54) is 19.2 Å². The van der Waals surface area contributed by atoms with Gasteiger partial charge in [-0.2, -0.15) is 5.10 Å². The lowest BCUT2D eigenvalue weighted by Gasteiger charge is -2.13. The van der Waals surface area contributed by atoms with E-state index in [4.69, 9.17) is 0 Å². The Labute approximate surface area is 143 Å². The molecule has 0 radical (unpaired) electrons. The summed E-state index contributed by atoms with van der Waals surface area (Å²) in [5.41, 5.74) is 2.44. The zero-order chi connectivity index (χ0) is 17.0. The topological polar surface area (TPSA) is 55.6 Å². The van der Waals surface area contributed by atoms with Gasteiger partial charge in [0.1, 0.15) is 6.33 Å². The quantitative estimate of drug-likeness (QED) is 0.771. The van der Waals surface area contributed by atoms with Gasteiger partial charge >= 0.3 is 0 Å². The largest absolute Gasteiger partial charge is 0.384 e. The molecular formula is C18H17F2N5. The highest BCUT2D eigenvalue weighted by atomic mass is 19.2. The first-order chi connectivity index (χ1) is 12.2. The van der Waals surface area contributed by atoms with Crippen LogP contribution in [-0.4, -0.2) is 26.3 Å². The third-order valence-corrected chi connectivity index (χ3v) is 5.40. The predicted molar refractivity (Wildman–Crippen MR) is 89.5 cm³/mol. The molecule has 2 aliphatic rings. The highest BCUT2D eigenvalue weighted by molar-refractivity contribution is 5.79. The summed E-state index contributed by atoms with van der Waals surface area (Å²) in [6.45, 7) is 0.483. The molecule has 1 unspecified atom stereocenters. The Balaban J connectivity index is 1.65. The SMILES string of the molecule is Fc1ccc2c(c1F)C(c1ncnc3c1cnn3C1CCCC1)CN2. The number of aromatic nitrogens is 4. The molecular weight excluding hydrogens is 324 g/mol. The molecule has 0 bridgehead atoms. The summed E-state index contributed by atoms with van der Waals surface area (Å²) in [5.74, 6) is -1.99. The van der Waals surface area contributed by atoms with Crippen LogP contribution in [0.1, 0.15) is 48.9 Å². The van der Waals surface area contributed by atoms with Crippen LogP contribution >= 0.6 is 0 Å². The Hall–Kier alpha value is -2.57. The van der Waals surface area contributed by atoms with Gasteiger partial charge in [-0.05, 0) is 25.0 Å². The second-order valence-corrected chi connectivity index (χ2v) is 6.78. The Bertz CT molecular complexity index is 961. The number of benzene rings is 1. The Morgan fingerprint density at radius 1 is 1.12 bits per heavy atom. The lowest BCUT2D eigenvalue weighted by Crippen LogP contribution is -2.10. The first-order valence-corrected chi connectivity index (χ1v) is 8.64. The second kappa shape index (κ2) is 5.47. The maximum absolute atomic E-state index is 14.4. The summed E-state index contributed by atoms with van der Waals surface area (Å²) in [6.07, 6.45) is 7.87. The summed E-state index contributed by atoms with van der Waals surface area (Å²) >= 11 is 0. The highest BCUT2D eigenvalue weighted by Crippen LogP contribution is 2.40. The monoisotopic (exact) mass is 341 g/mol. The molecule has 5 rings (SSSR count). The number of halogens is 2. The van der Waals surface area contributed by atoms with E-state index < -0.39 is 11.6 Å². The van der Waals surface area contributed by atoms with Crippen molar-refractivity contribution in [1.29, 1.82) is 0 Å². The van der Waals surface area contributed by atoms with Crippen molar-refractivity contribution in [3.8, 4) is 0 Å². The number of nitrogens with one attached hydrogen (secondary N) is 1. The van der Waals surface area contributed by atoms with Gasteiger partial charge in [0.15, 0.2) is 17.3 Å². The number of nitrogens with zero attached hydrogens (tertiary/aromatic N) is 4. The molecule has 25 heavy (non-hydrogen) atoms. The molecule has 1 N–H and O–H groups in total. The van der Waals surface area contributed by atoms with Gasteiger partial charge in [0.25, 0.3) is 0 Å². The number of rotatable bonds is 2. The molecule has 0 amide bonds. The molecule has 1 fully saturated rings. The van der Waals surface area contributed by atoms with Crippen LogP contribution in [0.2, 0.25) is 0 Å². The Morgan fingerprint density at radius 2 is 1.96 bits per heavy atom. The zero-order valence-corrected chi connectivity index (χ0v) is 13.5. The average molecular weight is 341 g/mol. The molecule has 1 saturated carbocycles. The molecule has 3 aromatic rings. The van der Waals surface area contributed by atoms with Crippen LogP contribution in [0, 0.1) is 11.6 Å². The first-order valence-electron chi connectivity index (χ1n) is 8.64. The summed E-state index contributed by atoms with van der Waals surface area (Å²) in [6, 6.07) is 3.09. The van der Waals surface area contributed by atoms with E-state index in [-0.39, 0.29) is 5.92 Å². The van der Waals surface area contributed by atoms with E-state index in [1.807, 2.05) is 4.68 Å². The number of fused-ring (bicyclic) bond motifs is 2. The highest BCUT2D eigenvalue weighted by Gasteiger charge is 2.32. The molecule has 1 aliphatic carbocycles. The smallest absolute Gasteiger partial charge is 0.164 e. The predicted octanol–water partition coefficient (Wildman–Crippen LogP) is 3.78. The fourth-order valence-electron chi connectivity index (χ4n) is 4.18. The van der Waals surface area contributed by atoms with E-state index >= 15 is 0 Å². The summed E-state index contributed by atoms with van der Waals surface area (Å²) < 4.78 is 30.1. The molecule has 7 heteroatoms. The minimum atomic E-state index is -0.834. The van der Waals surface area contributed by atoms with Gasteiger partial charge < -0.3 is 5.32 Å². The third-order valence-electron chi connectivity index (χ3n) is 5.40. The van der Waals surface area contributed by atoms with Gasteiger partial charge in [-0.25, -0.2) is 23.4 Å². The third kappa shape index (κ3) is 2.14. The Kier molecular flexibility index (Phi) is 3.23. The maximum atomic E-state index is 14.4. The van der Waals surface area contributed by atoms with Crippen molar-refractivity contribution in [1.82, 2.24) is 19.7 Å². The summed E-state index contributed by atoms with van der Waals surface area (Å²) in [4.78, 5) is 8.82. The van der Waals surface area contributed by atoms with E-state index in [9.17, 15) is 8.78 Å². The fourth-order valence-corrected chi connectivity index (χ4v) is 4.18. The van der Waals surface area contributed by atoms with Crippen LogP contribution in [0.5, 0.6) is 0 Å². The summed E-state index contributed by atoms with van der Waals surface area (Å²) in [5, 5.41) is 8.50. The molecule has 1 atom stereocenters. The van der Waals surface area contributed by atoms with E-state index in [2.05, 4.69) is 20.4 Å². The van der Waals surface area contributed by atoms with Gasteiger partial charge in [0.05, 0.1) is 23.3 Å². The van der Waals surface area contributed by atoms with Crippen LogP contribution in [0.15, 0.2) is 24.7 Å².